The second-order valence-electron chi connectivity index (χ2n) is 6.90. The van der Waals surface area contributed by atoms with Crippen LogP contribution in [0.25, 0.3) is 0 Å². The van der Waals surface area contributed by atoms with Crippen LogP contribution in [-0.4, -0.2) is 30.6 Å². The van der Waals surface area contributed by atoms with Crippen molar-refractivity contribution in [2.24, 2.45) is 5.92 Å². The minimum absolute atomic E-state index is 0.148. The fourth-order valence-electron chi connectivity index (χ4n) is 3.19. The van der Waals surface area contributed by atoms with Crippen LogP contribution in [0, 0.1) is 5.92 Å². The predicted molar refractivity (Wildman–Crippen MR) is 112 cm³/mol. The average Bonchev–Trinajstić information content (AvgIpc) is 3.07. The molecule has 0 radical (unpaired) electrons. The zero-order valence-corrected chi connectivity index (χ0v) is 16.3. The number of aliphatic carboxylic acids is 1. The Morgan fingerprint density at radius 2 is 1.85 bits per heavy atom. The summed E-state index contributed by atoms with van der Waals surface area (Å²) in [6.45, 7) is 1.86. The highest BCUT2D eigenvalue weighted by Crippen LogP contribution is 2.40. The highest BCUT2D eigenvalue weighted by atomic mass is 32.2. The number of carbonyl (C=O) groups excluding carboxylic acids is 1. The maximum absolute atomic E-state index is 12.6. The van der Waals surface area contributed by atoms with Gasteiger partial charge in [-0.2, -0.15) is 0 Å². The molecule has 2 aromatic rings. The van der Waals surface area contributed by atoms with E-state index in [1.807, 2.05) is 69.4 Å². The van der Waals surface area contributed by atoms with E-state index in [4.69, 9.17) is 0 Å². The van der Waals surface area contributed by atoms with Crippen molar-refractivity contribution >= 4 is 36.9 Å². The monoisotopic (exact) mass is 379 g/mol. The molecule has 0 saturated heterocycles. The van der Waals surface area contributed by atoms with Crippen molar-refractivity contribution in [3.63, 3.8) is 0 Å². The van der Waals surface area contributed by atoms with Crippen LogP contribution >= 0.6 is 11.8 Å². The van der Waals surface area contributed by atoms with E-state index >= 15 is 0 Å². The van der Waals surface area contributed by atoms with E-state index in [1.165, 1.54) is 11.8 Å². The Bertz CT molecular complexity index is 865. The molecule has 2 N–H and O–H groups in total. The number of carboxylic acid groups (broad SMARTS) is 1. The van der Waals surface area contributed by atoms with Crippen molar-refractivity contribution in [2.45, 2.75) is 19.3 Å². The van der Waals surface area contributed by atoms with Gasteiger partial charge in [-0.15, -0.1) is 11.8 Å². The Morgan fingerprint density at radius 1 is 1.19 bits per heavy atom. The largest absolute Gasteiger partial charge is 0.478 e. The Labute approximate surface area is 164 Å². The molecule has 0 saturated carbocycles. The van der Waals surface area contributed by atoms with Crippen LogP contribution in [0.5, 0.6) is 0 Å². The maximum Gasteiger partial charge on any atom is 0.334 e. The molecule has 1 aliphatic heterocycles. The SMILES string of the molecule is Bc1ccc(C2CSC(NC(=O)C(C)Cc3ccccc3)=C2C(=O)O)cc1. The van der Waals surface area contributed by atoms with Gasteiger partial charge in [-0.25, -0.2) is 4.79 Å². The molecule has 4 nitrogen and oxygen atoms in total. The Morgan fingerprint density at radius 3 is 2.48 bits per heavy atom. The Kier molecular flexibility index (Phi) is 6.06. The first-order valence-electron chi connectivity index (χ1n) is 8.97. The van der Waals surface area contributed by atoms with Crippen LogP contribution in [-0.2, 0) is 16.0 Å². The highest BCUT2D eigenvalue weighted by molar-refractivity contribution is 8.03. The maximum atomic E-state index is 12.6. The van der Waals surface area contributed by atoms with Gasteiger partial charge in [0.2, 0.25) is 5.91 Å². The molecular weight excluding hydrogens is 357 g/mol. The molecular formula is C21H22BNO3S. The first kappa shape index (κ1) is 19.3. The summed E-state index contributed by atoms with van der Waals surface area (Å²) in [5.41, 5.74) is 3.47. The number of carbonyl (C=O) groups is 2. The van der Waals surface area contributed by atoms with Crippen LogP contribution < -0.4 is 10.8 Å². The van der Waals surface area contributed by atoms with Gasteiger partial charge in [0.05, 0.1) is 10.6 Å². The van der Waals surface area contributed by atoms with E-state index in [2.05, 4.69) is 5.32 Å². The number of benzene rings is 2. The highest BCUT2D eigenvalue weighted by Gasteiger charge is 2.33. The van der Waals surface area contributed by atoms with E-state index in [0.29, 0.717) is 17.2 Å². The summed E-state index contributed by atoms with van der Waals surface area (Å²) in [4.78, 5) is 24.5. The molecule has 0 bridgehead atoms. The van der Waals surface area contributed by atoms with E-state index < -0.39 is 5.97 Å². The first-order chi connectivity index (χ1) is 13.0. The van der Waals surface area contributed by atoms with Gasteiger partial charge >= 0.3 is 5.97 Å². The van der Waals surface area contributed by atoms with Gasteiger partial charge in [0.15, 0.2) is 0 Å². The molecule has 1 heterocycles. The summed E-state index contributed by atoms with van der Waals surface area (Å²) in [6.07, 6.45) is 0.619. The number of nitrogens with one attached hydrogen (secondary N) is 1. The molecule has 27 heavy (non-hydrogen) atoms. The lowest BCUT2D eigenvalue weighted by Gasteiger charge is -2.14. The molecule has 2 unspecified atom stereocenters. The summed E-state index contributed by atoms with van der Waals surface area (Å²) >= 11 is 1.40. The van der Waals surface area contributed by atoms with Crippen LogP contribution in [0.1, 0.15) is 24.0 Å². The number of rotatable bonds is 6. The lowest BCUT2D eigenvalue weighted by molar-refractivity contribution is -0.132. The predicted octanol–water partition coefficient (Wildman–Crippen LogP) is 2.07. The summed E-state index contributed by atoms with van der Waals surface area (Å²) in [5, 5.41) is 13.1. The van der Waals surface area contributed by atoms with Crippen molar-refractivity contribution in [1.29, 1.82) is 0 Å². The number of hydrogen-bond acceptors (Lipinski definition) is 3. The first-order valence-corrected chi connectivity index (χ1v) is 9.96. The van der Waals surface area contributed by atoms with Gasteiger partial charge in [0.25, 0.3) is 0 Å². The Balaban J connectivity index is 1.76. The molecule has 0 aromatic heterocycles. The van der Waals surface area contributed by atoms with Gasteiger partial charge in [0, 0.05) is 17.6 Å². The van der Waals surface area contributed by atoms with Crippen molar-refractivity contribution in [2.75, 3.05) is 5.75 Å². The summed E-state index contributed by atoms with van der Waals surface area (Å²) < 4.78 is 0. The smallest absolute Gasteiger partial charge is 0.334 e. The summed E-state index contributed by atoms with van der Waals surface area (Å²) in [6, 6.07) is 17.7. The fraction of sp³-hybridized carbons (Fsp3) is 0.238. The van der Waals surface area contributed by atoms with Gasteiger partial charge in [-0.3, -0.25) is 4.79 Å². The molecule has 6 heteroatoms. The third-order valence-electron chi connectivity index (χ3n) is 4.77. The average molecular weight is 379 g/mol. The molecule has 0 fully saturated rings. The van der Waals surface area contributed by atoms with Gasteiger partial charge < -0.3 is 10.4 Å². The van der Waals surface area contributed by atoms with Gasteiger partial charge in [-0.1, -0.05) is 67.0 Å². The van der Waals surface area contributed by atoms with Crippen LogP contribution in [0.3, 0.4) is 0 Å². The molecule has 138 valence electrons. The topological polar surface area (TPSA) is 66.4 Å². The van der Waals surface area contributed by atoms with Crippen LogP contribution in [0.15, 0.2) is 65.2 Å². The molecule has 3 rings (SSSR count). The van der Waals surface area contributed by atoms with Gasteiger partial charge in [0.1, 0.15) is 7.85 Å². The van der Waals surface area contributed by atoms with Crippen LogP contribution in [0.2, 0.25) is 0 Å². The molecule has 0 spiro atoms. The standard InChI is InChI=1S/C21H22BNO3S/c1-13(11-14-5-3-2-4-6-14)19(24)23-20-18(21(25)26)17(12-27-20)15-7-9-16(22)10-8-15/h2-10,13,17H,11-12,22H2,1H3,(H,23,24)(H,25,26). The van der Waals surface area contributed by atoms with E-state index in [9.17, 15) is 14.7 Å². The minimum atomic E-state index is -0.975. The van der Waals surface area contributed by atoms with E-state index in [0.717, 1.165) is 16.6 Å². The number of thioether (sulfide) groups is 1. The van der Waals surface area contributed by atoms with Crippen molar-refractivity contribution in [3.8, 4) is 0 Å². The van der Waals surface area contributed by atoms with E-state index in [-0.39, 0.29) is 23.3 Å². The second-order valence-corrected chi connectivity index (χ2v) is 7.93. The summed E-state index contributed by atoms with van der Waals surface area (Å²) in [7, 11) is 2.00. The Hall–Kier alpha value is -2.47. The van der Waals surface area contributed by atoms with Crippen molar-refractivity contribution < 1.29 is 14.7 Å². The third-order valence-corrected chi connectivity index (χ3v) is 5.88. The van der Waals surface area contributed by atoms with Crippen molar-refractivity contribution in [1.82, 2.24) is 5.32 Å². The molecule has 1 aliphatic rings. The molecule has 2 atom stereocenters. The van der Waals surface area contributed by atoms with Crippen LogP contribution in [0.4, 0.5) is 0 Å². The second kappa shape index (κ2) is 8.48. The molecule has 1 amide bonds. The quantitative estimate of drug-likeness (QED) is 0.755. The number of hydrogen-bond donors (Lipinski definition) is 2. The van der Waals surface area contributed by atoms with E-state index in [1.54, 1.807) is 0 Å². The lowest BCUT2D eigenvalue weighted by atomic mass is 9.89. The normalized spacial score (nSPS) is 17.6. The number of amides is 1. The molecule has 0 aliphatic carbocycles. The number of carboxylic acids is 1. The lowest BCUT2D eigenvalue weighted by Crippen LogP contribution is -2.30. The fourth-order valence-corrected chi connectivity index (χ4v) is 4.44. The van der Waals surface area contributed by atoms with Gasteiger partial charge in [-0.05, 0) is 17.5 Å². The third kappa shape index (κ3) is 4.63. The van der Waals surface area contributed by atoms with Crippen molar-refractivity contribution in [3.05, 3.63) is 76.3 Å². The summed E-state index contributed by atoms with van der Waals surface area (Å²) in [5.74, 6) is -0.962. The zero-order valence-electron chi connectivity index (χ0n) is 15.4. The zero-order chi connectivity index (χ0) is 19.4. The molecule has 2 aromatic carbocycles. The minimum Gasteiger partial charge on any atom is -0.478 e.